The van der Waals surface area contributed by atoms with Gasteiger partial charge in [0.2, 0.25) is 0 Å². The lowest BCUT2D eigenvalue weighted by molar-refractivity contribution is -0.359. The number of hydrogen-bond donors (Lipinski definition) is 8. The van der Waals surface area contributed by atoms with Gasteiger partial charge in [0, 0.05) is 16.3 Å². The van der Waals surface area contributed by atoms with Crippen LogP contribution in [0.15, 0.2) is 29.2 Å². The lowest BCUT2D eigenvalue weighted by atomic mass is 9.97. The second-order valence-corrected chi connectivity index (χ2v) is 8.96. The molecule has 3 rings (SSSR count). The Hall–Kier alpha value is -1.07. The number of aliphatic hydroxyl groups excluding tert-OH is 7. The molecule has 1 aromatic rings. The van der Waals surface area contributed by atoms with E-state index in [2.05, 4.69) is 0 Å². The summed E-state index contributed by atoms with van der Waals surface area (Å²) in [5.74, 6) is 0.515. The number of hydrogen-bond acceptors (Lipinski definition) is 13. The molecule has 10 atom stereocenters. The molecule has 0 aromatic heterocycles. The Labute approximate surface area is 194 Å². The van der Waals surface area contributed by atoms with Gasteiger partial charge in [0.15, 0.2) is 12.6 Å². The molecule has 0 saturated carbocycles. The smallest absolute Gasteiger partial charge is 0.187 e. The van der Waals surface area contributed by atoms with Crippen molar-refractivity contribution in [1.29, 1.82) is 0 Å². The van der Waals surface area contributed by atoms with Gasteiger partial charge in [0.25, 0.3) is 0 Å². The molecule has 2 fully saturated rings. The van der Waals surface area contributed by atoms with E-state index in [0.29, 0.717) is 11.4 Å². The molecule has 0 bridgehead atoms. The van der Waals surface area contributed by atoms with E-state index in [4.69, 9.17) is 24.7 Å². The van der Waals surface area contributed by atoms with Gasteiger partial charge in [0.05, 0.1) is 19.8 Å². The van der Waals surface area contributed by atoms with E-state index >= 15 is 0 Å². The average molecular weight is 494 g/mol. The van der Waals surface area contributed by atoms with Gasteiger partial charge in [-0.3, -0.25) is 0 Å². The van der Waals surface area contributed by atoms with Crippen molar-refractivity contribution in [2.45, 2.75) is 66.3 Å². The fourth-order valence-electron chi connectivity index (χ4n) is 3.58. The number of anilines is 1. The van der Waals surface area contributed by atoms with Crippen LogP contribution in [0.3, 0.4) is 0 Å². The second kappa shape index (κ2) is 12.1. The van der Waals surface area contributed by atoms with E-state index in [1.54, 1.807) is 12.1 Å². The highest BCUT2D eigenvalue weighted by Gasteiger charge is 2.50. The maximum atomic E-state index is 10.6. The molecular formula is C20H31NO11S. The highest BCUT2D eigenvalue weighted by molar-refractivity contribution is 7.99. The molecule has 9 N–H and O–H groups in total. The van der Waals surface area contributed by atoms with Crippen molar-refractivity contribution >= 4 is 17.4 Å². The van der Waals surface area contributed by atoms with E-state index in [1.807, 2.05) is 12.1 Å². The van der Waals surface area contributed by atoms with Gasteiger partial charge in [-0.15, -0.1) is 11.8 Å². The van der Waals surface area contributed by atoms with Crippen LogP contribution in [-0.2, 0) is 18.9 Å². The Morgan fingerprint density at radius 2 is 1.39 bits per heavy atom. The molecule has 2 saturated heterocycles. The Balaban J connectivity index is 1.55. The van der Waals surface area contributed by atoms with Gasteiger partial charge in [0.1, 0.15) is 48.8 Å². The first-order chi connectivity index (χ1) is 15.8. The first kappa shape index (κ1) is 26.5. The van der Waals surface area contributed by atoms with E-state index in [-0.39, 0.29) is 6.61 Å². The molecule has 1 aromatic carbocycles. The minimum absolute atomic E-state index is 0.167. The molecule has 0 aliphatic carbocycles. The molecule has 188 valence electrons. The van der Waals surface area contributed by atoms with Crippen LogP contribution in [0.25, 0.3) is 0 Å². The second-order valence-electron chi connectivity index (χ2n) is 7.79. The van der Waals surface area contributed by atoms with Gasteiger partial charge in [-0.05, 0) is 24.3 Å². The van der Waals surface area contributed by atoms with Crippen LogP contribution in [0.1, 0.15) is 0 Å². The molecule has 12 nitrogen and oxygen atoms in total. The largest absolute Gasteiger partial charge is 0.399 e. The third kappa shape index (κ3) is 6.33. The molecule has 0 radical (unpaired) electrons. The zero-order valence-corrected chi connectivity index (χ0v) is 18.5. The van der Waals surface area contributed by atoms with Crippen molar-refractivity contribution in [3.8, 4) is 0 Å². The van der Waals surface area contributed by atoms with Crippen LogP contribution in [0.2, 0.25) is 0 Å². The predicted molar refractivity (Wildman–Crippen MR) is 114 cm³/mol. The van der Waals surface area contributed by atoms with Crippen LogP contribution in [-0.4, -0.2) is 123 Å². The molecule has 0 unspecified atom stereocenters. The monoisotopic (exact) mass is 493 g/mol. The van der Waals surface area contributed by atoms with Crippen LogP contribution < -0.4 is 5.73 Å². The number of benzene rings is 1. The van der Waals surface area contributed by atoms with Gasteiger partial charge in [-0.1, -0.05) is 0 Å². The predicted octanol–water partition coefficient (Wildman–Crippen LogP) is -3.00. The molecule has 13 heteroatoms. The Morgan fingerprint density at radius 1 is 0.788 bits per heavy atom. The molecule has 2 heterocycles. The lowest BCUT2D eigenvalue weighted by Crippen LogP contribution is -2.64. The van der Waals surface area contributed by atoms with E-state index in [1.165, 1.54) is 11.8 Å². The Kier molecular flexibility index (Phi) is 9.70. The summed E-state index contributed by atoms with van der Waals surface area (Å²) in [6, 6.07) is 7.26. The van der Waals surface area contributed by atoms with Crippen molar-refractivity contribution < 1.29 is 54.7 Å². The van der Waals surface area contributed by atoms with Gasteiger partial charge in [-0.2, -0.15) is 0 Å². The van der Waals surface area contributed by atoms with Crippen molar-refractivity contribution in [2.24, 2.45) is 0 Å². The molecule has 0 spiro atoms. The van der Waals surface area contributed by atoms with Crippen molar-refractivity contribution in [2.75, 3.05) is 31.3 Å². The SMILES string of the molecule is Nc1ccc(SCCO[C@@H]2O[C@H](CO)[C@H](O[C@@H]3O[C@H](CO)[C@H](O)[C@H](O)[C@H]3O)[C@H](O)[C@H]2O)cc1. The number of ether oxygens (including phenoxy) is 4. The van der Waals surface area contributed by atoms with Gasteiger partial charge in [-0.25, -0.2) is 0 Å². The molecule has 33 heavy (non-hydrogen) atoms. The minimum atomic E-state index is -1.72. The number of thioether (sulfide) groups is 1. The van der Waals surface area contributed by atoms with Crippen molar-refractivity contribution in [1.82, 2.24) is 0 Å². The molecule has 2 aliphatic rings. The van der Waals surface area contributed by atoms with E-state index in [9.17, 15) is 35.7 Å². The van der Waals surface area contributed by atoms with Crippen LogP contribution in [0, 0.1) is 0 Å². The van der Waals surface area contributed by atoms with Crippen molar-refractivity contribution in [3.63, 3.8) is 0 Å². The van der Waals surface area contributed by atoms with Crippen LogP contribution >= 0.6 is 11.8 Å². The maximum absolute atomic E-state index is 10.6. The summed E-state index contributed by atoms with van der Waals surface area (Å²) < 4.78 is 21.8. The number of nitrogens with two attached hydrogens (primary N) is 1. The molecule has 0 amide bonds. The van der Waals surface area contributed by atoms with E-state index in [0.717, 1.165) is 4.90 Å². The van der Waals surface area contributed by atoms with Crippen LogP contribution in [0.4, 0.5) is 5.69 Å². The zero-order valence-electron chi connectivity index (χ0n) is 17.7. The first-order valence-corrected chi connectivity index (χ1v) is 11.4. The summed E-state index contributed by atoms with van der Waals surface area (Å²) in [6.45, 7) is -1.11. The average Bonchev–Trinajstić information content (AvgIpc) is 2.82. The summed E-state index contributed by atoms with van der Waals surface area (Å²) in [4.78, 5) is 0.971. The topological polar surface area (TPSA) is 205 Å². The Bertz CT molecular complexity index is 724. The number of rotatable bonds is 9. The highest BCUT2D eigenvalue weighted by Crippen LogP contribution is 2.29. The molecule has 2 aliphatic heterocycles. The maximum Gasteiger partial charge on any atom is 0.187 e. The highest BCUT2D eigenvalue weighted by atomic mass is 32.2. The van der Waals surface area contributed by atoms with E-state index < -0.39 is 74.6 Å². The third-order valence-corrected chi connectivity index (χ3v) is 6.45. The normalized spacial score (nSPS) is 39.5. The minimum Gasteiger partial charge on any atom is -0.399 e. The summed E-state index contributed by atoms with van der Waals surface area (Å²) in [7, 11) is 0. The number of aliphatic hydroxyl groups is 7. The zero-order chi connectivity index (χ0) is 24.1. The van der Waals surface area contributed by atoms with Crippen LogP contribution in [0.5, 0.6) is 0 Å². The van der Waals surface area contributed by atoms with Crippen molar-refractivity contribution in [3.05, 3.63) is 24.3 Å². The summed E-state index contributed by atoms with van der Waals surface area (Å²) in [5.41, 5.74) is 6.30. The number of nitrogen functional groups attached to an aromatic ring is 1. The summed E-state index contributed by atoms with van der Waals surface area (Å²) >= 11 is 1.49. The third-order valence-electron chi connectivity index (χ3n) is 5.47. The fraction of sp³-hybridized carbons (Fsp3) is 0.700. The standard InChI is InChI=1S/C20H31NO11S/c21-9-1-3-10(4-2-9)33-6-5-29-19-17(28)15(26)18(12(8-23)31-19)32-20-16(27)14(25)13(24)11(7-22)30-20/h1-4,11-20,22-28H,5-8,21H2/t11-,12-,13+,14+,15-,16-,17-,18+,19-,20+/m1/s1. The first-order valence-electron chi connectivity index (χ1n) is 10.4. The fourth-order valence-corrected chi connectivity index (χ4v) is 4.32. The summed E-state index contributed by atoms with van der Waals surface area (Å²) in [5, 5.41) is 69.9. The Morgan fingerprint density at radius 3 is 2.03 bits per heavy atom. The lowest BCUT2D eigenvalue weighted by Gasteiger charge is -2.45. The molecular weight excluding hydrogens is 462 g/mol. The van der Waals surface area contributed by atoms with Gasteiger partial charge >= 0.3 is 0 Å². The quantitative estimate of drug-likeness (QED) is 0.0982. The van der Waals surface area contributed by atoms with Gasteiger partial charge < -0.3 is 60.4 Å². The summed E-state index contributed by atoms with van der Waals surface area (Å²) in [6.07, 6.45) is -14.7.